The maximum atomic E-state index is 10.9. The molecule has 2 rings (SSSR count). The molecule has 0 fully saturated rings. The first kappa shape index (κ1) is 11.1. The summed E-state index contributed by atoms with van der Waals surface area (Å²) in [7, 11) is 0. The molecule has 0 aliphatic heterocycles. The largest absolute Gasteiger partial charge is 0.372 e. The van der Waals surface area contributed by atoms with Gasteiger partial charge in [0.2, 0.25) is 0 Å². The Balaban J connectivity index is 2.21. The van der Waals surface area contributed by atoms with Crippen molar-refractivity contribution in [3.8, 4) is 0 Å². The Morgan fingerprint density at radius 1 is 1.53 bits per heavy atom. The molecule has 17 heavy (non-hydrogen) atoms. The molecule has 0 saturated carbocycles. The first-order valence-corrected chi connectivity index (χ1v) is 5.14. The summed E-state index contributed by atoms with van der Waals surface area (Å²) in [6.45, 7) is 2.15. The standard InChI is InChI=1S/C11H12N4O2/c1-8-3-2-4-9(11(8)15(16)17)14-7-10-12-5-6-13-10/h2-6,14H,7H2,1H3,(H,12,13). The van der Waals surface area contributed by atoms with Crippen molar-refractivity contribution < 1.29 is 4.92 Å². The van der Waals surface area contributed by atoms with E-state index in [1.807, 2.05) is 0 Å². The molecule has 1 heterocycles. The first-order chi connectivity index (χ1) is 8.18. The van der Waals surface area contributed by atoms with E-state index < -0.39 is 0 Å². The maximum absolute atomic E-state index is 10.9. The number of aromatic amines is 1. The number of hydrogen-bond acceptors (Lipinski definition) is 4. The molecule has 0 spiro atoms. The van der Waals surface area contributed by atoms with Gasteiger partial charge in [0, 0.05) is 18.0 Å². The number of aryl methyl sites for hydroxylation is 1. The molecule has 0 unspecified atom stereocenters. The molecule has 2 N–H and O–H groups in total. The number of imidazole rings is 1. The lowest BCUT2D eigenvalue weighted by atomic mass is 10.1. The summed E-state index contributed by atoms with van der Waals surface area (Å²) in [5.74, 6) is 0.737. The van der Waals surface area contributed by atoms with E-state index in [0.717, 1.165) is 5.82 Å². The summed E-state index contributed by atoms with van der Waals surface area (Å²) in [6, 6.07) is 5.19. The number of H-pyrrole nitrogens is 1. The van der Waals surface area contributed by atoms with Crippen molar-refractivity contribution in [1.82, 2.24) is 9.97 Å². The molecule has 1 aromatic carbocycles. The van der Waals surface area contributed by atoms with Gasteiger partial charge in [-0.15, -0.1) is 0 Å². The first-order valence-electron chi connectivity index (χ1n) is 5.14. The summed E-state index contributed by atoms with van der Waals surface area (Å²) in [6.07, 6.45) is 3.35. The molecule has 6 nitrogen and oxygen atoms in total. The van der Waals surface area contributed by atoms with Crippen LogP contribution in [-0.4, -0.2) is 14.9 Å². The Hall–Kier alpha value is -2.37. The number of anilines is 1. The molecule has 6 heteroatoms. The number of nitro benzene ring substituents is 1. The number of benzene rings is 1. The highest BCUT2D eigenvalue weighted by atomic mass is 16.6. The number of nitrogens with one attached hydrogen (secondary N) is 2. The van der Waals surface area contributed by atoms with Crippen molar-refractivity contribution in [2.75, 3.05) is 5.32 Å². The molecule has 0 radical (unpaired) electrons. The Morgan fingerprint density at radius 3 is 3.00 bits per heavy atom. The summed E-state index contributed by atoms with van der Waals surface area (Å²) < 4.78 is 0. The predicted molar refractivity (Wildman–Crippen MR) is 63.7 cm³/mol. The van der Waals surface area contributed by atoms with E-state index in [4.69, 9.17) is 0 Å². The van der Waals surface area contributed by atoms with Crippen molar-refractivity contribution >= 4 is 11.4 Å². The van der Waals surface area contributed by atoms with Crippen molar-refractivity contribution in [2.24, 2.45) is 0 Å². The fourth-order valence-corrected chi connectivity index (χ4v) is 1.62. The third kappa shape index (κ3) is 2.41. The molecule has 0 bridgehead atoms. The highest BCUT2D eigenvalue weighted by molar-refractivity contribution is 5.64. The van der Waals surface area contributed by atoms with E-state index in [2.05, 4.69) is 15.3 Å². The molecule has 1 aromatic heterocycles. The molecule has 0 amide bonds. The Bertz CT molecular complexity index is 522. The third-order valence-electron chi connectivity index (χ3n) is 2.42. The van der Waals surface area contributed by atoms with Gasteiger partial charge in [0.15, 0.2) is 0 Å². The minimum atomic E-state index is -0.375. The van der Waals surface area contributed by atoms with Crippen LogP contribution in [0.4, 0.5) is 11.4 Å². The van der Waals surface area contributed by atoms with Crippen LogP contribution in [0.3, 0.4) is 0 Å². The SMILES string of the molecule is Cc1cccc(NCc2ncc[nH]2)c1[N+](=O)[O-]. The van der Waals surface area contributed by atoms with E-state index in [1.165, 1.54) is 0 Å². The smallest absolute Gasteiger partial charge is 0.295 e. The van der Waals surface area contributed by atoms with E-state index in [1.54, 1.807) is 37.5 Å². The van der Waals surface area contributed by atoms with E-state index >= 15 is 0 Å². The summed E-state index contributed by atoms with van der Waals surface area (Å²) in [4.78, 5) is 17.5. The van der Waals surface area contributed by atoms with Gasteiger partial charge in [-0.1, -0.05) is 12.1 Å². The van der Waals surface area contributed by atoms with Gasteiger partial charge in [-0.05, 0) is 13.0 Å². The molecule has 0 saturated heterocycles. The minimum Gasteiger partial charge on any atom is -0.372 e. The van der Waals surface area contributed by atoms with Gasteiger partial charge in [-0.3, -0.25) is 10.1 Å². The van der Waals surface area contributed by atoms with Crippen LogP contribution in [0.1, 0.15) is 11.4 Å². The maximum Gasteiger partial charge on any atom is 0.295 e. The van der Waals surface area contributed by atoms with Crippen LogP contribution in [0.15, 0.2) is 30.6 Å². The number of rotatable bonds is 4. The molecule has 0 aliphatic carbocycles. The zero-order valence-corrected chi connectivity index (χ0v) is 9.30. The lowest BCUT2D eigenvalue weighted by molar-refractivity contribution is -0.384. The van der Waals surface area contributed by atoms with Crippen LogP contribution in [0.25, 0.3) is 0 Å². The Labute approximate surface area is 97.9 Å². The number of nitrogens with zero attached hydrogens (tertiary/aromatic N) is 2. The summed E-state index contributed by atoms with van der Waals surface area (Å²) in [5.41, 5.74) is 1.25. The monoisotopic (exact) mass is 232 g/mol. The van der Waals surface area contributed by atoms with E-state index in [0.29, 0.717) is 17.8 Å². The Morgan fingerprint density at radius 2 is 2.35 bits per heavy atom. The van der Waals surface area contributed by atoms with Crippen molar-refractivity contribution in [3.63, 3.8) is 0 Å². The minimum absolute atomic E-state index is 0.110. The fraction of sp³-hybridized carbons (Fsp3) is 0.182. The van der Waals surface area contributed by atoms with Gasteiger partial charge >= 0.3 is 0 Å². The highest BCUT2D eigenvalue weighted by Crippen LogP contribution is 2.27. The average molecular weight is 232 g/mol. The Kier molecular flexibility index (Phi) is 3.04. The zero-order chi connectivity index (χ0) is 12.3. The van der Waals surface area contributed by atoms with Crippen LogP contribution >= 0.6 is 0 Å². The van der Waals surface area contributed by atoms with E-state index in [9.17, 15) is 10.1 Å². The summed E-state index contributed by atoms with van der Waals surface area (Å²) in [5, 5.41) is 13.9. The summed E-state index contributed by atoms with van der Waals surface area (Å²) >= 11 is 0. The highest BCUT2D eigenvalue weighted by Gasteiger charge is 2.16. The van der Waals surface area contributed by atoms with Crippen LogP contribution in [-0.2, 0) is 6.54 Å². The van der Waals surface area contributed by atoms with Crippen molar-refractivity contribution in [1.29, 1.82) is 0 Å². The topological polar surface area (TPSA) is 83.8 Å². The molecular formula is C11H12N4O2. The van der Waals surface area contributed by atoms with Crippen molar-refractivity contribution in [2.45, 2.75) is 13.5 Å². The number of hydrogen-bond donors (Lipinski definition) is 2. The number of aromatic nitrogens is 2. The zero-order valence-electron chi connectivity index (χ0n) is 9.30. The normalized spacial score (nSPS) is 10.2. The van der Waals surface area contributed by atoms with Gasteiger partial charge < -0.3 is 10.3 Å². The van der Waals surface area contributed by atoms with Gasteiger partial charge in [-0.25, -0.2) is 4.98 Å². The van der Waals surface area contributed by atoms with Crippen LogP contribution in [0, 0.1) is 17.0 Å². The van der Waals surface area contributed by atoms with Crippen LogP contribution in [0.5, 0.6) is 0 Å². The predicted octanol–water partition coefficient (Wildman–Crippen LogP) is 2.24. The third-order valence-corrected chi connectivity index (χ3v) is 2.42. The molecular weight excluding hydrogens is 220 g/mol. The van der Waals surface area contributed by atoms with Gasteiger partial charge in [0.25, 0.3) is 5.69 Å². The van der Waals surface area contributed by atoms with Gasteiger partial charge in [0.1, 0.15) is 11.5 Å². The number of nitro groups is 1. The molecule has 0 atom stereocenters. The molecule has 88 valence electrons. The van der Waals surface area contributed by atoms with Crippen molar-refractivity contribution in [3.05, 3.63) is 52.1 Å². The lowest BCUT2D eigenvalue weighted by Gasteiger charge is -2.06. The fourth-order valence-electron chi connectivity index (χ4n) is 1.62. The van der Waals surface area contributed by atoms with Gasteiger partial charge in [0.05, 0.1) is 11.5 Å². The second kappa shape index (κ2) is 4.65. The second-order valence-corrected chi connectivity index (χ2v) is 3.62. The lowest BCUT2D eigenvalue weighted by Crippen LogP contribution is -2.04. The van der Waals surface area contributed by atoms with Crippen LogP contribution in [0.2, 0.25) is 0 Å². The molecule has 0 aliphatic rings. The second-order valence-electron chi connectivity index (χ2n) is 3.62. The molecule has 2 aromatic rings. The average Bonchev–Trinajstić information content (AvgIpc) is 2.78. The van der Waals surface area contributed by atoms with Gasteiger partial charge in [-0.2, -0.15) is 0 Å². The number of para-hydroxylation sites is 1. The van der Waals surface area contributed by atoms with E-state index in [-0.39, 0.29) is 10.6 Å². The quantitative estimate of drug-likeness (QED) is 0.625. The van der Waals surface area contributed by atoms with Crippen LogP contribution < -0.4 is 5.32 Å².